The Labute approximate surface area is 131 Å². The lowest BCUT2D eigenvalue weighted by molar-refractivity contribution is 0.756. The van der Waals surface area contributed by atoms with Crippen molar-refractivity contribution < 1.29 is 0 Å². The number of aryl methyl sites for hydroxylation is 3. The summed E-state index contributed by atoms with van der Waals surface area (Å²) in [4.78, 5) is 13.8. The Morgan fingerprint density at radius 3 is 2.55 bits per heavy atom. The summed E-state index contributed by atoms with van der Waals surface area (Å²) >= 11 is 0. The van der Waals surface area contributed by atoms with E-state index in [2.05, 4.69) is 33.1 Å². The van der Waals surface area contributed by atoms with Crippen molar-refractivity contribution >= 4 is 11.8 Å². The molecule has 0 aromatic carbocycles. The Morgan fingerprint density at radius 2 is 1.91 bits per heavy atom. The molecule has 2 aromatic rings. The fraction of sp³-hybridized carbons (Fsp3) is 0.562. The molecule has 6 nitrogen and oxygen atoms in total. The van der Waals surface area contributed by atoms with Crippen LogP contribution < -0.4 is 9.80 Å². The second-order valence-corrected chi connectivity index (χ2v) is 6.13. The van der Waals surface area contributed by atoms with E-state index < -0.39 is 0 Å². The molecule has 0 spiro atoms. The van der Waals surface area contributed by atoms with Crippen molar-refractivity contribution in [1.82, 2.24) is 19.7 Å². The van der Waals surface area contributed by atoms with Crippen LogP contribution >= 0.6 is 0 Å². The number of nitrogens with zero attached hydrogens (tertiary/aromatic N) is 6. The smallest absolute Gasteiger partial charge is 0.227 e. The van der Waals surface area contributed by atoms with Crippen LogP contribution in [0.3, 0.4) is 0 Å². The van der Waals surface area contributed by atoms with Gasteiger partial charge in [0.05, 0.1) is 5.69 Å². The van der Waals surface area contributed by atoms with Gasteiger partial charge in [-0.05, 0) is 26.7 Å². The molecule has 0 unspecified atom stereocenters. The Balaban J connectivity index is 1.82. The molecular formula is C16H24N6. The summed E-state index contributed by atoms with van der Waals surface area (Å²) in [6, 6.07) is 2.05. The van der Waals surface area contributed by atoms with Gasteiger partial charge in [-0.2, -0.15) is 10.1 Å². The second-order valence-electron chi connectivity index (χ2n) is 6.13. The summed E-state index contributed by atoms with van der Waals surface area (Å²) in [5.74, 6) is 1.83. The summed E-state index contributed by atoms with van der Waals surface area (Å²) in [7, 11) is 4.03. The third-order valence-corrected chi connectivity index (χ3v) is 4.13. The molecule has 0 saturated carbocycles. The highest BCUT2D eigenvalue weighted by Crippen LogP contribution is 2.21. The molecule has 3 heterocycles. The molecule has 0 aliphatic carbocycles. The monoisotopic (exact) mass is 300 g/mol. The summed E-state index contributed by atoms with van der Waals surface area (Å²) < 4.78 is 1.86. The molecule has 118 valence electrons. The predicted molar refractivity (Wildman–Crippen MR) is 88.3 cm³/mol. The normalized spacial score (nSPS) is 14.6. The molecule has 0 bridgehead atoms. The van der Waals surface area contributed by atoms with Crippen LogP contribution in [0.5, 0.6) is 0 Å². The molecule has 1 fully saturated rings. The van der Waals surface area contributed by atoms with E-state index in [1.807, 2.05) is 31.6 Å². The average molecular weight is 300 g/mol. The third kappa shape index (κ3) is 3.05. The average Bonchev–Trinajstić information content (AvgIpc) is 3.09. The highest BCUT2D eigenvalue weighted by atomic mass is 15.3. The van der Waals surface area contributed by atoms with Crippen molar-refractivity contribution in [3.05, 3.63) is 29.2 Å². The zero-order valence-electron chi connectivity index (χ0n) is 13.9. The van der Waals surface area contributed by atoms with Gasteiger partial charge in [-0.1, -0.05) is 0 Å². The van der Waals surface area contributed by atoms with Crippen molar-refractivity contribution in [2.75, 3.05) is 29.9 Å². The van der Waals surface area contributed by atoms with E-state index in [1.165, 1.54) is 18.4 Å². The van der Waals surface area contributed by atoms with E-state index in [-0.39, 0.29) is 0 Å². The number of aromatic nitrogens is 4. The fourth-order valence-electron chi connectivity index (χ4n) is 2.93. The molecule has 6 heteroatoms. The van der Waals surface area contributed by atoms with E-state index in [4.69, 9.17) is 4.98 Å². The highest BCUT2D eigenvalue weighted by molar-refractivity contribution is 5.46. The SMILES string of the molecule is Cc1cc(N(C)Cc2cn(C)nc2C)nc(N2CCCC2)n1. The van der Waals surface area contributed by atoms with Gasteiger partial charge in [-0.3, -0.25) is 4.68 Å². The van der Waals surface area contributed by atoms with Crippen LogP contribution in [0.4, 0.5) is 11.8 Å². The third-order valence-electron chi connectivity index (χ3n) is 4.13. The van der Waals surface area contributed by atoms with E-state index in [0.29, 0.717) is 0 Å². The van der Waals surface area contributed by atoms with Gasteiger partial charge in [0.1, 0.15) is 5.82 Å². The van der Waals surface area contributed by atoms with Crippen molar-refractivity contribution in [3.8, 4) is 0 Å². The number of anilines is 2. The Hall–Kier alpha value is -2.11. The molecular weight excluding hydrogens is 276 g/mol. The molecule has 1 saturated heterocycles. The minimum Gasteiger partial charge on any atom is -0.355 e. The largest absolute Gasteiger partial charge is 0.355 e. The standard InChI is InChI=1S/C16H24N6/c1-12-9-15(18-16(17-12)22-7-5-6-8-22)20(3)10-14-11-21(4)19-13(14)2/h9,11H,5-8,10H2,1-4H3. The Morgan fingerprint density at radius 1 is 1.18 bits per heavy atom. The predicted octanol–water partition coefficient (Wildman–Crippen LogP) is 2.06. The minimum absolute atomic E-state index is 0.801. The van der Waals surface area contributed by atoms with Gasteiger partial charge in [0, 0.05) is 57.3 Å². The van der Waals surface area contributed by atoms with Gasteiger partial charge in [0.25, 0.3) is 0 Å². The fourth-order valence-corrected chi connectivity index (χ4v) is 2.93. The Kier molecular flexibility index (Phi) is 4.00. The summed E-state index contributed by atoms with van der Waals surface area (Å²) in [5, 5.41) is 4.40. The number of hydrogen-bond acceptors (Lipinski definition) is 5. The van der Waals surface area contributed by atoms with E-state index in [1.54, 1.807) is 0 Å². The van der Waals surface area contributed by atoms with Gasteiger partial charge in [0.2, 0.25) is 5.95 Å². The molecule has 22 heavy (non-hydrogen) atoms. The maximum atomic E-state index is 4.76. The lowest BCUT2D eigenvalue weighted by Crippen LogP contribution is -2.24. The van der Waals surface area contributed by atoms with Crippen molar-refractivity contribution in [2.45, 2.75) is 33.2 Å². The van der Waals surface area contributed by atoms with E-state index in [0.717, 1.165) is 42.8 Å². The minimum atomic E-state index is 0.801. The van der Waals surface area contributed by atoms with Crippen molar-refractivity contribution in [3.63, 3.8) is 0 Å². The molecule has 0 amide bonds. The van der Waals surface area contributed by atoms with Gasteiger partial charge in [0.15, 0.2) is 0 Å². The first-order chi connectivity index (χ1) is 10.5. The zero-order valence-corrected chi connectivity index (χ0v) is 13.9. The maximum Gasteiger partial charge on any atom is 0.227 e. The van der Waals surface area contributed by atoms with Crippen LogP contribution in [0.15, 0.2) is 12.3 Å². The summed E-state index contributed by atoms with van der Waals surface area (Å²) in [6.45, 7) is 7.01. The van der Waals surface area contributed by atoms with Crippen LogP contribution in [0, 0.1) is 13.8 Å². The molecule has 3 rings (SSSR count). The van der Waals surface area contributed by atoms with Crippen LogP contribution in [0.1, 0.15) is 29.8 Å². The van der Waals surface area contributed by atoms with E-state index in [9.17, 15) is 0 Å². The summed E-state index contributed by atoms with van der Waals surface area (Å²) in [6.07, 6.45) is 4.54. The first-order valence-corrected chi connectivity index (χ1v) is 7.84. The molecule has 2 aromatic heterocycles. The lowest BCUT2D eigenvalue weighted by Gasteiger charge is -2.21. The number of rotatable bonds is 4. The molecule has 1 aliphatic rings. The van der Waals surface area contributed by atoms with E-state index >= 15 is 0 Å². The van der Waals surface area contributed by atoms with Crippen molar-refractivity contribution in [1.29, 1.82) is 0 Å². The van der Waals surface area contributed by atoms with Gasteiger partial charge in [-0.15, -0.1) is 0 Å². The van der Waals surface area contributed by atoms with Crippen molar-refractivity contribution in [2.24, 2.45) is 7.05 Å². The van der Waals surface area contributed by atoms with Gasteiger partial charge >= 0.3 is 0 Å². The highest BCUT2D eigenvalue weighted by Gasteiger charge is 2.17. The lowest BCUT2D eigenvalue weighted by atomic mass is 10.2. The molecule has 0 N–H and O–H groups in total. The Bertz CT molecular complexity index is 657. The van der Waals surface area contributed by atoms with Crippen LogP contribution in [0.2, 0.25) is 0 Å². The summed E-state index contributed by atoms with van der Waals surface area (Å²) in [5.41, 5.74) is 3.31. The van der Waals surface area contributed by atoms with Gasteiger partial charge < -0.3 is 9.80 Å². The van der Waals surface area contributed by atoms with Crippen LogP contribution in [0.25, 0.3) is 0 Å². The maximum absolute atomic E-state index is 4.76. The van der Waals surface area contributed by atoms with Crippen LogP contribution in [-0.2, 0) is 13.6 Å². The second kappa shape index (κ2) is 5.94. The topological polar surface area (TPSA) is 50.1 Å². The molecule has 0 radical (unpaired) electrons. The molecule has 0 atom stereocenters. The van der Waals surface area contributed by atoms with Gasteiger partial charge in [-0.25, -0.2) is 4.98 Å². The first-order valence-electron chi connectivity index (χ1n) is 7.84. The zero-order chi connectivity index (χ0) is 15.7. The number of hydrogen-bond donors (Lipinski definition) is 0. The first kappa shape index (κ1) is 14.8. The molecule has 1 aliphatic heterocycles. The quantitative estimate of drug-likeness (QED) is 0.865. The van der Waals surface area contributed by atoms with Crippen LogP contribution in [-0.4, -0.2) is 39.9 Å².